The van der Waals surface area contributed by atoms with E-state index in [2.05, 4.69) is 10.3 Å². The fourth-order valence-electron chi connectivity index (χ4n) is 1.83. The van der Waals surface area contributed by atoms with E-state index in [4.69, 9.17) is 34.8 Å². The number of aromatic nitrogens is 1. The zero-order chi connectivity index (χ0) is 14.8. The SMILES string of the molecule is Clc1ccc(Nc2nc(-c3ccccc3Cl)cs2)c(Cl)c1. The van der Waals surface area contributed by atoms with Crippen molar-refractivity contribution in [1.29, 1.82) is 0 Å². The van der Waals surface area contributed by atoms with Gasteiger partial charge in [-0.25, -0.2) is 4.98 Å². The van der Waals surface area contributed by atoms with Gasteiger partial charge in [-0.1, -0.05) is 53.0 Å². The van der Waals surface area contributed by atoms with Crippen molar-refractivity contribution in [1.82, 2.24) is 4.98 Å². The smallest absolute Gasteiger partial charge is 0.187 e. The van der Waals surface area contributed by atoms with Gasteiger partial charge in [0, 0.05) is 21.0 Å². The first kappa shape index (κ1) is 14.7. The normalized spacial score (nSPS) is 10.6. The Hall–Kier alpha value is -1.26. The summed E-state index contributed by atoms with van der Waals surface area (Å²) in [6, 6.07) is 12.9. The van der Waals surface area contributed by atoms with Crippen LogP contribution in [-0.4, -0.2) is 4.98 Å². The number of hydrogen-bond donors (Lipinski definition) is 1. The number of anilines is 2. The lowest BCUT2D eigenvalue weighted by atomic mass is 10.2. The zero-order valence-electron chi connectivity index (χ0n) is 10.6. The fourth-order valence-corrected chi connectivity index (χ4v) is 3.24. The lowest BCUT2D eigenvalue weighted by Crippen LogP contribution is -1.90. The van der Waals surface area contributed by atoms with E-state index in [9.17, 15) is 0 Å². The van der Waals surface area contributed by atoms with Gasteiger partial charge in [-0.15, -0.1) is 11.3 Å². The summed E-state index contributed by atoms with van der Waals surface area (Å²) in [6.07, 6.45) is 0. The van der Waals surface area contributed by atoms with Gasteiger partial charge in [0.2, 0.25) is 0 Å². The lowest BCUT2D eigenvalue weighted by Gasteiger charge is -2.05. The summed E-state index contributed by atoms with van der Waals surface area (Å²) in [5, 5.41) is 7.71. The molecule has 1 heterocycles. The van der Waals surface area contributed by atoms with Gasteiger partial charge in [-0.05, 0) is 24.3 Å². The lowest BCUT2D eigenvalue weighted by molar-refractivity contribution is 1.38. The second kappa shape index (κ2) is 6.24. The van der Waals surface area contributed by atoms with Gasteiger partial charge in [0.1, 0.15) is 0 Å². The molecule has 2 aromatic carbocycles. The number of nitrogens with one attached hydrogen (secondary N) is 1. The third-order valence-corrected chi connectivity index (χ3v) is 4.46. The van der Waals surface area contributed by atoms with Gasteiger partial charge >= 0.3 is 0 Å². The molecular weight excluding hydrogens is 347 g/mol. The van der Waals surface area contributed by atoms with Crippen LogP contribution in [0.15, 0.2) is 47.8 Å². The van der Waals surface area contributed by atoms with Crippen LogP contribution in [0, 0.1) is 0 Å². The molecule has 0 aliphatic heterocycles. The highest BCUT2D eigenvalue weighted by Crippen LogP contribution is 2.33. The molecule has 21 heavy (non-hydrogen) atoms. The molecule has 1 N–H and O–H groups in total. The van der Waals surface area contributed by atoms with E-state index in [1.807, 2.05) is 35.7 Å². The summed E-state index contributed by atoms with van der Waals surface area (Å²) >= 11 is 19.7. The van der Waals surface area contributed by atoms with Crippen LogP contribution in [-0.2, 0) is 0 Å². The average molecular weight is 356 g/mol. The molecule has 6 heteroatoms. The topological polar surface area (TPSA) is 24.9 Å². The predicted molar refractivity (Wildman–Crippen MR) is 92.3 cm³/mol. The van der Waals surface area contributed by atoms with Crippen molar-refractivity contribution in [2.45, 2.75) is 0 Å². The van der Waals surface area contributed by atoms with Crippen LogP contribution >= 0.6 is 46.1 Å². The van der Waals surface area contributed by atoms with Crippen molar-refractivity contribution < 1.29 is 0 Å². The number of benzene rings is 2. The van der Waals surface area contributed by atoms with E-state index in [0.717, 1.165) is 22.1 Å². The van der Waals surface area contributed by atoms with Crippen molar-refractivity contribution in [2.24, 2.45) is 0 Å². The molecule has 0 radical (unpaired) electrons. The maximum Gasteiger partial charge on any atom is 0.187 e. The molecule has 0 saturated carbocycles. The second-order valence-electron chi connectivity index (χ2n) is 4.27. The van der Waals surface area contributed by atoms with Crippen LogP contribution in [0.5, 0.6) is 0 Å². The minimum absolute atomic E-state index is 0.553. The van der Waals surface area contributed by atoms with Crippen LogP contribution in [0.25, 0.3) is 11.3 Å². The van der Waals surface area contributed by atoms with Gasteiger partial charge in [0.15, 0.2) is 5.13 Å². The van der Waals surface area contributed by atoms with Crippen LogP contribution in [0.1, 0.15) is 0 Å². The third-order valence-electron chi connectivity index (χ3n) is 2.83. The van der Waals surface area contributed by atoms with Gasteiger partial charge in [-0.2, -0.15) is 0 Å². The molecule has 0 amide bonds. The van der Waals surface area contributed by atoms with E-state index in [-0.39, 0.29) is 0 Å². The quantitative estimate of drug-likeness (QED) is 0.579. The summed E-state index contributed by atoms with van der Waals surface area (Å²) in [4.78, 5) is 4.53. The monoisotopic (exact) mass is 354 g/mol. The van der Waals surface area contributed by atoms with Gasteiger partial charge in [0.25, 0.3) is 0 Å². The van der Waals surface area contributed by atoms with E-state index in [0.29, 0.717) is 15.1 Å². The molecule has 0 saturated heterocycles. The first-order valence-electron chi connectivity index (χ1n) is 6.06. The van der Waals surface area contributed by atoms with Crippen LogP contribution in [0.4, 0.5) is 10.8 Å². The highest BCUT2D eigenvalue weighted by atomic mass is 35.5. The Bertz CT molecular complexity index is 786. The van der Waals surface area contributed by atoms with Crippen LogP contribution in [0.2, 0.25) is 15.1 Å². The first-order chi connectivity index (χ1) is 10.1. The van der Waals surface area contributed by atoms with Crippen molar-refractivity contribution in [3.63, 3.8) is 0 Å². The molecule has 3 aromatic rings. The van der Waals surface area contributed by atoms with E-state index < -0.39 is 0 Å². The average Bonchev–Trinajstić information content (AvgIpc) is 2.91. The zero-order valence-corrected chi connectivity index (χ0v) is 13.7. The molecule has 0 spiro atoms. The Kier molecular flexibility index (Phi) is 4.36. The van der Waals surface area contributed by atoms with Crippen molar-refractivity contribution in [3.8, 4) is 11.3 Å². The first-order valence-corrected chi connectivity index (χ1v) is 8.07. The maximum absolute atomic E-state index is 6.18. The summed E-state index contributed by atoms with van der Waals surface area (Å²) < 4.78 is 0. The van der Waals surface area contributed by atoms with Crippen LogP contribution in [0.3, 0.4) is 0 Å². The summed E-state index contributed by atoms with van der Waals surface area (Å²) in [6.45, 7) is 0. The number of halogens is 3. The highest BCUT2D eigenvalue weighted by Gasteiger charge is 2.09. The maximum atomic E-state index is 6.18. The molecule has 3 rings (SSSR count). The molecule has 1 aromatic heterocycles. The Morgan fingerprint density at radius 1 is 0.952 bits per heavy atom. The molecule has 0 bridgehead atoms. The highest BCUT2D eigenvalue weighted by molar-refractivity contribution is 7.14. The van der Waals surface area contributed by atoms with Crippen molar-refractivity contribution in [2.75, 3.05) is 5.32 Å². The largest absolute Gasteiger partial charge is 0.330 e. The minimum Gasteiger partial charge on any atom is -0.330 e. The van der Waals surface area contributed by atoms with Gasteiger partial charge < -0.3 is 5.32 Å². The van der Waals surface area contributed by atoms with E-state index in [1.54, 1.807) is 12.1 Å². The Morgan fingerprint density at radius 2 is 1.76 bits per heavy atom. The number of thiazole rings is 1. The van der Waals surface area contributed by atoms with E-state index in [1.165, 1.54) is 11.3 Å². The Morgan fingerprint density at radius 3 is 2.52 bits per heavy atom. The predicted octanol–water partition coefficient (Wildman–Crippen LogP) is 6.51. The molecule has 0 fully saturated rings. The molecular formula is C15H9Cl3N2S. The molecule has 0 atom stereocenters. The molecule has 0 unspecified atom stereocenters. The molecule has 0 aliphatic carbocycles. The summed E-state index contributed by atoms with van der Waals surface area (Å²) in [5.74, 6) is 0. The number of hydrogen-bond acceptors (Lipinski definition) is 3. The fraction of sp³-hybridized carbons (Fsp3) is 0. The third kappa shape index (κ3) is 3.33. The van der Waals surface area contributed by atoms with E-state index >= 15 is 0 Å². The summed E-state index contributed by atoms with van der Waals surface area (Å²) in [5.41, 5.74) is 2.50. The standard InChI is InChI=1S/C15H9Cl3N2S/c16-9-5-6-13(12(18)7-9)19-15-20-14(8-21-15)10-3-1-2-4-11(10)17/h1-8H,(H,19,20). The van der Waals surface area contributed by atoms with Crippen molar-refractivity contribution >= 4 is 57.0 Å². The summed E-state index contributed by atoms with van der Waals surface area (Å²) in [7, 11) is 0. The Labute approximate surface area is 141 Å². The number of rotatable bonds is 3. The molecule has 2 nitrogen and oxygen atoms in total. The van der Waals surface area contributed by atoms with Gasteiger partial charge in [0.05, 0.1) is 16.4 Å². The molecule has 106 valence electrons. The number of nitrogens with zero attached hydrogens (tertiary/aromatic N) is 1. The van der Waals surface area contributed by atoms with Gasteiger partial charge in [-0.3, -0.25) is 0 Å². The second-order valence-corrected chi connectivity index (χ2v) is 6.38. The molecule has 0 aliphatic rings. The Balaban J connectivity index is 1.87. The minimum atomic E-state index is 0.553. The van der Waals surface area contributed by atoms with Crippen molar-refractivity contribution in [3.05, 3.63) is 62.9 Å². The van der Waals surface area contributed by atoms with Crippen LogP contribution < -0.4 is 5.32 Å².